The highest BCUT2D eigenvalue weighted by Gasteiger charge is 2.41. The molecule has 0 radical (unpaired) electrons. The molecule has 0 aliphatic carbocycles. The summed E-state index contributed by atoms with van der Waals surface area (Å²) in [7, 11) is 2.97. The van der Waals surface area contributed by atoms with Crippen LogP contribution in [0.2, 0.25) is 5.02 Å². The van der Waals surface area contributed by atoms with Crippen molar-refractivity contribution in [3.05, 3.63) is 88.3 Å². The number of hydrogen-bond acceptors (Lipinski definition) is 5. The van der Waals surface area contributed by atoms with Crippen molar-refractivity contribution in [3.8, 4) is 11.5 Å². The Kier molecular flexibility index (Phi) is 6.07. The molecule has 1 aliphatic rings. The van der Waals surface area contributed by atoms with Gasteiger partial charge >= 0.3 is 0 Å². The van der Waals surface area contributed by atoms with Gasteiger partial charge in [0.15, 0.2) is 11.5 Å². The van der Waals surface area contributed by atoms with E-state index < -0.39 is 17.6 Å². The van der Waals surface area contributed by atoms with Crippen LogP contribution in [0.25, 0.3) is 5.57 Å². The van der Waals surface area contributed by atoms with E-state index in [9.17, 15) is 14.0 Å². The van der Waals surface area contributed by atoms with Gasteiger partial charge in [0.1, 0.15) is 11.5 Å². The first-order valence-corrected chi connectivity index (χ1v) is 10.4. The number of carbonyl (C=O) groups excluding carboxylic acids is 2. The Bertz CT molecular complexity index is 1310. The van der Waals surface area contributed by atoms with Gasteiger partial charge in [0.05, 0.1) is 25.5 Å². The standard InChI is InChI=1S/C25H20ClFN2O4/c1-14-12-16(26)9-10-18(14)28-23-22(15-8-11-20(32-2)21(13-15)33-3)24(30)29(25(23)31)19-7-5-4-6-17(19)27/h4-13,28H,1-3H3. The van der Waals surface area contributed by atoms with Crippen LogP contribution < -0.4 is 19.7 Å². The lowest BCUT2D eigenvalue weighted by Crippen LogP contribution is -2.33. The smallest absolute Gasteiger partial charge is 0.282 e. The maximum absolute atomic E-state index is 14.6. The van der Waals surface area contributed by atoms with E-state index in [0.29, 0.717) is 27.8 Å². The van der Waals surface area contributed by atoms with E-state index in [-0.39, 0.29) is 17.0 Å². The van der Waals surface area contributed by atoms with Crippen LogP contribution in [0.3, 0.4) is 0 Å². The lowest BCUT2D eigenvalue weighted by atomic mass is 10.0. The summed E-state index contributed by atoms with van der Waals surface area (Å²) >= 11 is 6.06. The fourth-order valence-electron chi connectivity index (χ4n) is 3.66. The molecule has 0 aromatic heterocycles. The van der Waals surface area contributed by atoms with Crippen LogP contribution in [0.4, 0.5) is 15.8 Å². The van der Waals surface area contributed by atoms with Crippen LogP contribution >= 0.6 is 11.6 Å². The highest BCUT2D eigenvalue weighted by atomic mass is 35.5. The van der Waals surface area contributed by atoms with E-state index in [1.54, 1.807) is 42.5 Å². The number of benzene rings is 3. The number of imide groups is 1. The molecule has 0 spiro atoms. The summed E-state index contributed by atoms with van der Waals surface area (Å²) < 4.78 is 25.2. The number of para-hydroxylation sites is 1. The first-order chi connectivity index (χ1) is 15.8. The lowest BCUT2D eigenvalue weighted by molar-refractivity contribution is -0.120. The number of nitrogens with one attached hydrogen (secondary N) is 1. The first kappa shape index (κ1) is 22.4. The van der Waals surface area contributed by atoms with Gasteiger partial charge in [0, 0.05) is 10.7 Å². The quantitative estimate of drug-likeness (QED) is 0.506. The number of aryl methyl sites for hydroxylation is 1. The molecule has 0 fully saturated rings. The predicted molar refractivity (Wildman–Crippen MR) is 125 cm³/mol. The van der Waals surface area contributed by atoms with Crippen molar-refractivity contribution in [2.75, 3.05) is 24.4 Å². The second-order valence-electron chi connectivity index (χ2n) is 7.30. The van der Waals surface area contributed by atoms with Crippen molar-refractivity contribution in [3.63, 3.8) is 0 Å². The number of hydrogen-bond donors (Lipinski definition) is 1. The van der Waals surface area contributed by atoms with Crippen LogP contribution in [-0.2, 0) is 9.59 Å². The summed E-state index contributed by atoms with van der Waals surface area (Å²) in [5.41, 5.74) is 1.74. The van der Waals surface area contributed by atoms with Gasteiger partial charge in [-0.15, -0.1) is 0 Å². The van der Waals surface area contributed by atoms with Gasteiger partial charge in [-0.1, -0.05) is 29.8 Å². The SMILES string of the molecule is COc1ccc(C2=C(Nc3ccc(Cl)cc3C)C(=O)N(c3ccccc3F)C2=O)cc1OC. The van der Waals surface area contributed by atoms with Crippen molar-refractivity contribution < 1.29 is 23.5 Å². The van der Waals surface area contributed by atoms with Gasteiger partial charge in [0.25, 0.3) is 11.8 Å². The Hall–Kier alpha value is -3.84. The number of nitrogens with zero attached hydrogens (tertiary/aromatic N) is 1. The number of carbonyl (C=O) groups is 2. The maximum atomic E-state index is 14.6. The van der Waals surface area contributed by atoms with E-state index >= 15 is 0 Å². The summed E-state index contributed by atoms with van der Waals surface area (Å²) in [6.07, 6.45) is 0. The summed E-state index contributed by atoms with van der Waals surface area (Å²) in [5.74, 6) is -1.17. The average Bonchev–Trinajstić information content (AvgIpc) is 3.04. The van der Waals surface area contributed by atoms with E-state index in [4.69, 9.17) is 21.1 Å². The van der Waals surface area contributed by atoms with Crippen LogP contribution in [0.15, 0.2) is 66.4 Å². The molecule has 3 aromatic rings. The van der Waals surface area contributed by atoms with E-state index in [1.807, 2.05) is 6.92 Å². The monoisotopic (exact) mass is 466 g/mol. The van der Waals surface area contributed by atoms with E-state index in [2.05, 4.69) is 5.32 Å². The zero-order valence-electron chi connectivity index (χ0n) is 18.1. The number of ether oxygens (including phenoxy) is 2. The zero-order valence-corrected chi connectivity index (χ0v) is 18.9. The molecule has 0 bridgehead atoms. The molecular weight excluding hydrogens is 447 g/mol. The second-order valence-corrected chi connectivity index (χ2v) is 7.74. The molecule has 8 heteroatoms. The Morgan fingerprint density at radius 3 is 2.30 bits per heavy atom. The number of rotatable bonds is 6. The molecule has 4 rings (SSSR count). The van der Waals surface area contributed by atoms with Crippen molar-refractivity contribution in [2.24, 2.45) is 0 Å². The number of amides is 2. The van der Waals surface area contributed by atoms with Crippen molar-refractivity contribution in [1.29, 1.82) is 0 Å². The molecule has 3 aromatic carbocycles. The molecule has 168 valence electrons. The van der Waals surface area contributed by atoms with Crippen LogP contribution in [0.5, 0.6) is 11.5 Å². The average molecular weight is 467 g/mol. The zero-order chi connectivity index (χ0) is 23.7. The molecule has 1 N–H and O–H groups in total. The third-order valence-electron chi connectivity index (χ3n) is 5.30. The van der Waals surface area contributed by atoms with Crippen molar-refractivity contribution in [2.45, 2.75) is 6.92 Å². The normalized spacial score (nSPS) is 13.5. The lowest BCUT2D eigenvalue weighted by Gasteiger charge is -2.16. The summed E-state index contributed by atoms with van der Waals surface area (Å²) in [6.45, 7) is 1.82. The minimum atomic E-state index is -0.685. The van der Waals surface area contributed by atoms with Gasteiger partial charge in [-0.3, -0.25) is 9.59 Å². The predicted octanol–water partition coefficient (Wildman–Crippen LogP) is 5.20. The molecule has 1 heterocycles. The third-order valence-corrected chi connectivity index (χ3v) is 5.53. The highest BCUT2D eigenvalue weighted by Crippen LogP contribution is 2.38. The number of methoxy groups -OCH3 is 2. The topological polar surface area (TPSA) is 67.9 Å². The second kappa shape index (κ2) is 8.96. The van der Waals surface area contributed by atoms with Gasteiger partial charge < -0.3 is 14.8 Å². The van der Waals surface area contributed by atoms with Gasteiger partial charge in [-0.2, -0.15) is 0 Å². The van der Waals surface area contributed by atoms with E-state index in [1.165, 1.54) is 32.4 Å². The Balaban J connectivity index is 1.89. The molecule has 0 unspecified atom stereocenters. The fourth-order valence-corrected chi connectivity index (χ4v) is 3.89. The van der Waals surface area contributed by atoms with Gasteiger partial charge in [-0.05, 0) is 60.5 Å². The first-order valence-electron chi connectivity index (χ1n) is 9.99. The molecular formula is C25H20ClFN2O4. The summed E-state index contributed by atoms with van der Waals surface area (Å²) in [5, 5.41) is 3.60. The Morgan fingerprint density at radius 2 is 1.64 bits per heavy atom. The maximum Gasteiger partial charge on any atom is 0.282 e. The fraction of sp³-hybridized carbons (Fsp3) is 0.120. The molecule has 1 aliphatic heterocycles. The largest absolute Gasteiger partial charge is 0.493 e. The van der Waals surface area contributed by atoms with Crippen LogP contribution in [-0.4, -0.2) is 26.0 Å². The molecule has 0 saturated heterocycles. The summed E-state index contributed by atoms with van der Waals surface area (Å²) in [6, 6.07) is 15.6. The highest BCUT2D eigenvalue weighted by molar-refractivity contribution is 6.46. The Labute approximate surface area is 195 Å². The van der Waals surface area contributed by atoms with Crippen molar-refractivity contribution in [1.82, 2.24) is 0 Å². The Morgan fingerprint density at radius 1 is 0.909 bits per heavy atom. The van der Waals surface area contributed by atoms with Crippen molar-refractivity contribution >= 4 is 40.4 Å². The van der Waals surface area contributed by atoms with Gasteiger partial charge in [-0.25, -0.2) is 9.29 Å². The summed E-state index contributed by atoms with van der Waals surface area (Å²) in [4.78, 5) is 27.8. The molecule has 33 heavy (non-hydrogen) atoms. The van der Waals surface area contributed by atoms with E-state index in [0.717, 1.165) is 10.5 Å². The third kappa shape index (κ3) is 4.03. The van der Waals surface area contributed by atoms with Crippen LogP contribution in [0.1, 0.15) is 11.1 Å². The molecule has 6 nitrogen and oxygen atoms in total. The molecule has 0 atom stereocenters. The van der Waals surface area contributed by atoms with Gasteiger partial charge in [0.2, 0.25) is 0 Å². The van der Waals surface area contributed by atoms with Crippen LogP contribution in [0, 0.1) is 12.7 Å². The minimum absolute atomic E-state index is 0.0147. The number of halogens is 2. The minimum Gasteiger partial charge on any atom is -0.493 e. The molecule has 0 saturated carbocycles. The molecule has 2 amide bonds. The number of anilines is 2.